The van der Waals surface area contributed by atoms with E-state index in [2.05, 4.69) is 22.2 Å². The van der Waals surface area contributed by atoms with Crippen molar-refractivity contribution < 1.29 is 14.3 Å². The fraction of sp³-hybridized carbons (Fsp3) is 0.545. The molecule has 1 amide bonds. The molecule has 28 heavy (non-hydrogen) atoms. The van der Waals surface area contributed by atoms with E-state index in [-0.39, 0.29) is 6.04 Å². The van der Waals surface area contributed by atoms with E-state index in [1.54, 1.807) is 13.3 Å². The van der Waals surface area contributed by atoms with Gasteiger partial charge in [-0.3, -0.25) is 0 Å². The van der Waals surface area contributed by atoms with Gasteiger partial charge in [-0.05, 0) is 57.0 Å². The van der Waals surface area contributed by atoms with Gasteiger partial charge >= 0.3 is 6.09 Å². The van der Waals surface area contributed by atoms with Crippen LogP contribution in [-0.4, -0.2) is 28.8 Å². The largest absolute Gasteiger partial charge is 0.497 e. The number of nitrogens with zero attached hydrogens (tertiary/aromatic N) is 1. The standard InChI is InChI=1S/C22H33N3O3/c1-6-7-8-9-10-18(25-21(26)28-22(2,3)4)20-23-15-19(24-20)16-11-13-17(27-5)14-12-16/h11-15,18H,6-10H2,1-5H3,(H,23,24)(H,25,26). The molecule has 0 saturated heterocycles. The van der Waals surface area contributed by atoms with Crippen molar-refractivity contribution in [3.05, 3.63) is 36.3 Å². The molecule has 0 aliphatic carbocycles. The number of aromatic nitrogens is 2. The Morgan fingerprint density at radius 2 is 1.89 bits per heavy atom. The van der Waals surface area contributed by atoms with Crippen LogP contribution in [0.15, 0.2) is 30.5 Å². The van der Waals surface area contributed by atoms with Gasteiger partial charge in [-0.1, -0.05) is 32.6 Å². The average Bonchev–Trinajstić information content (AvgIpc) is 3.13. The van der Waals surface area contributed by atoms with Gasteiger partial charge in [0.1, 0.15) is 17.2 Å². The highest BCUT2D eigenvalue weighted by molar-refractivity contribution is 5.68. The summed E-state index contributed by atoms with van der Waals surface area (Å²) in [6.45, 7) is 7.76. The molecule has 1 aromatic carbocycles. The fourth-order valence-corrected chi connectivity index (χ4v) is 2.93. The molecule has 0 aliphatic heterocycles. The molecule has 0 radical (unpaired) electrons. The van der Waals surface area contributed by atoms with E-state index in [0.717, 1.165) is 42.1 Å². The average molecular weight is 388 g/mol. The molecule has 2 rings (SSSR count). The van der Waals surface area contributed by atoms with Crippen LogP contribution in [0.1, 0.15) is 71.7 Å². The van der Waals surface area contributed by atoms with E-state index >= 15 is 0 Å². The van der Waals surface area contributed by atoms with Crippen LogP contribution in [0.2, 0.25) is 0 Å². The molecule has 2 aromatic rings. The van der Waals surface area contributed by atoms with Gasteiger partial charge in [-0.15, -0.1) is 0 Å². The first-order chi connectivity index (χ1) is 13.3. The zero-order valence-corrected chi connectivity index (χ0v) is 17.7. The maximum atomic E-state index is 12.3. The molecule has 154 valence electrons. The van der Waals surface area contributed by atoms with E-state index in [1.807, 2.05) is 45.0 Å². The van der Waals surface area contributed by atoms with Crippen LogP contribution in [0.4, 0.5) is 4.79 Å². The van der Waals surface area contributed by atoms with Crippen LogP contribution in [0.3, 0.4) is 0 Å². The number of nitrogens with one attached hydrogen (secondary N) is 2. The second-order valence-electron chi connectivity index (χ2n) is 7.96. The zero-order chi connectivity index (χ0) is 20.6. The highest BCUT2D eigenvalue weighted by Gasteiger charge is 2.22. The predicted molar refractivity (Wildman–Crippen MR) is 111 cm³/mol. The molecule has 6 nitrogen and oxygen atoms in total. The SMILES string of the molecule is CCCCCCC(NC(=O)OC(C)(C)C)c1ncc(-c2ccc(OC)cc2)[nH]1. The Hall–Kier alpha value is -2.50. The second kappa shape index (κ2) is 10.2. The summed E-state index contributed by atoms with van der Waals surface area (Å²) < 4.78 is 10.6. The summed E-state index contributed by atoms with van der Waals surface area (Å²) in [6.07, 6.45) is 6.71. The van der Waals surface area contributed by atoms with Gasteiger partial charge in [-0.25, -0.2) is 9.78 Å². The molecule has 0 saturated carbocycles. The van der Waals surface area contributed by atoms with Crippen molar-refractivity contribution in [2.75, 3.05) is 7.11 Å². The second-order valence-corrected chi connectivity index (χ2v) is 7.96. The summed E-state index contributed by atoms with van der Waals surface area (Å²) in [5, 5.41) is 2.97. The van der Waals surface area contributed by atoms with Gasteiger partial charge in [0.15, 0.2) is 0 Å². The Bertz CT molecular complexity index is 732. The smallest absolute Gasteiger partial charge is 0.408 e. The van der Waals surface area contributed by atoms with Crippen molar-refractivity contribution in [3.63, 3.8) is 0 Å². The zero-order valence-electron chi connectivity index (χ0n) is 17.7. The van der Waals surface area contributed by atoms with Gasteiger partial charge in [0, 0.05) is 0 Å². The Morgan fingerprint density at radius 3 is 2.50 bits per heavy atom. The third-order valence-electron chi connectivity index (χ3n) is 4.36. The first-order valence-electron chi connectivity index (χ1n) is 10.0. The van der Waals surface area contributed by atoms with Crippen LogP contribution in [0, 0.1) is 0 Å². The lowest BCUT2D eigenvalue weighted by Gasteiger charge is -2.23. The highest BCUT2D eigenvalue weighted by Crippen LogP contribution is 2.24. The summed E-state index contributed by atoms with van der Waals surface area (Å²) in [7, 11) is 1.65. The van der Waals surface area contributed by atoms with Crippen molar-refractivity contribution in [2.24, 2.45) is 0 Å². The summed E-state index contributed by atoms with van der Waals surface area (Å²) in [5.74, 6) is 1.55. The number of carbonyl (C=O) groups excluding carboxylic acids is 1. The predicted octanol–water partition coefficient (Wildman–Crippen LogP) is 5.62. The number of benzene rings is 1. The van der Waals surface area contributed by atoms with Crippen LogP contribution < -0.4 is 10.1 Å². The first kappa shape index (κ1) is 21.8. The minimum absolute atomic E-state index is 0.210. The summed E-state index contributed by atoms with van der Waals surface area (Å²) in [4.78, 5) is 20.2. The number of methoxy groups -OCH3 is 1. The van der Waals surface area contributed by atoms with E-state index in [4.69, 9.17) is 9.47 Å². The van der Waals surface area contributed by atoms with Crippen LogP contribution >= 0.6 is 0 Å². The van der Waals surface area contributed by atoms with Crippen molar-refractivity contribution in [1.29, 1.82) is 0 Å². The number of carbonyl (C=O) groups is 1. The molecule has 1 unspecified atom stereocenters. The molecule has 1 atom stereocenters. The number of alkyl carbamates (subject to hydrolysis) is 1. The Balaban J connectivity index is 2.12. The molecular formula is C22H33N3O3. The van der Waals surface area contributed by atoms with Crippen molar-refractivity contribution in [2.45, 2.75) is 71.4 Å². The normalized spacial score (nSPS) is 12.5. The summed E-state index contributed by atoms with van der Waals surface area (Å²) in [5.41, 5.74) is 1.39. The molecule has 0 fully saturated rings. The Labute approximate surface area is 168 Å². The van der Waals surface area contributed by atoms with Gasteiger partial charge in [0.25, 0.3) is 0 Å². The highest BCUT2D eigenvalue weighted by atomic mass is 16.6. The number of hydrogen-bond acceptors (Lipinski definition) is 4. The van der Waals surface area contributed by atoms with Crippen LogP contribution in [0.5, 0.6) is 5.75 Å². The van der Waals surface area contributed by atoms with Crippen LogP contribution in [-0.2, 0) is 4.74 Å². The van der Waals surface area contributed by atoms with Gasteiger partial charge in [0.05, 0.1) is 25.0 Å². The van der Waals surface area contributed by atoms with E-state index in [9.17, 15) is 4.79 Å². The molecule has 1 heterocycles. The fourth-order valence-electron chi connectivity index (χ4n) is 2.93. The molecule has 0 bridgehead atoms. The number of hydrogen-bond donors (Lipinski definition) is 2. The molecule has 2 N–H and O–H groups in total. The van der Waals surface area contributed by atoms with Gasteiger partial charge < -0.3 is 19.8 Å². The first-order valence-corrected chi connectivity index (χ1v) is 10.0. The topological polar surface area (TPSA) is 76.2 Å². The van der Waals surface area contributed by atoms with Crippen molar-refractivity contribution >= 4 is 6.09 Å². The third kappa shape index (κ3) is 6.91. The maximum absolute atomic E-state index is 12.3. The minimum Gasteiger partial charge on any atom is -0.497 e. The van der Waals surface area contributed by atoms with Crippen LogP contribution in [0.25, 0.3) is 11.3 Å². The van der Waals surface area contributed by atoms with E-state index < -0.39 is 11.7 Å². The Morgan fingerprint density at radius 1 is 1.18 bits per heavy atom. The summed E-state index contributed by atoms with van der Waals surface area (Å²) >= 11 is 0. The molecular weight excluding hydrogens is 354 g/mol. The number of imidazole rings is 1. The van der Waals surface area contributed by atoms with Gasteiger partial charge in [-0.2, -0.15) is 0 Å². The third-order valence-corrected chi connectivity index (χ3v) is 4.36. The maximum Gasteiger partial charge on any atom is 0.408 e. The molecule has 0 aliphatic rings. The molecule has 6 heteroatoms. The van der Waals surface area contributed by atoms with E-state index in [0.29, 0.717) is 0 Å². The number of amides is 1. The monoisotopic (exact) mass is 387 g/mol. The number of aromatic amines is 1. The Kier molecular flexibility index (Phi) is 7.91. The van der Waals surface area contributed by atoms with E-state index in [1.165, 1.54) is 12.8 Å². The molecule has 0 spiro atoms. The number of rotatable bonds is 9. The lowest BCUT2D eigenvalue weighted by atomic mass is 10.1. The number of ether oxygens (including phenoxy) is 2. The number of unbranched alkanes of at least 4 members (excludes halogenated alkanes) is 3. The van der Waals surface area contributed by atoms with Crippen molar-refractivity contribution in [1.82, 2.24) is 15.3 Å². The number of H-pyrrole nitrogens is 1. The molecule has 1 aromatic heterocycles. The van der Waals surface area contributed by atoms with Crippen molar-refractivity contribution in [3.8, 4) is 17.0 Å². The quantitative estimate of drug-likeness (QED) is 0.547. The lowest BCUT2D eigenvalue weighted by molar-refractivity contribution is 0.0498. The summed E-state index contributed by atoms with van der Waals surface area (Å²) in [6, 6.07) is 7.58. The minimum atomic E-state index is -0.533. The lowest BCUT2D eigenvalue weighted by Crippen LogP contribution is -2.35. The van der Waals surface area contributed by atoms with Gasteiger partial charge in [0.2, 0.25) is 0 Å².